The normalized spacial score (nSPS) is 15.5. The molecular formula is C15H19NO2. The fourth-order valence-corrected chi connectivity index (χ4v) is 2.32. The molecule has 1 aromatic rings. The number of anilines is 1. The third kappa shape index (κ3) is 2.61. The van der Waals surface area contributed by atoms with Gasteiger partial charge in [0.15, 0.2) is 5.78 Å². The highest BCUT2D eigenvalue weighted by molar-refractivity contribution is 6.06. The lowest BCUT2D eigenvalue weighted by Gasteiger charge is -2.23. The average Bonchev–Trinajstić information content (AvgIpc) is 2.49. The summed E-state index contributed by atoms with van der Waals surface area (Å²) in [5.41, 5.74) is 1.47. The second-order valence-corrected chi connectivity index (χ2v) is 5.19. The van der Waals surface area contributed by atoms with E-state index in [9.17, 15) is 9.59 Å². The quantitative estimate of drug-likeness (QED) is 0.803. The first kappa shape index (κ1) is 12.8. The van der Waals surface area contributed by atoms with Gasteiger partial charge in [-0.2, -0.15) is 0 Å². The lowest BCUT2D eigenvalue weighted by atomic mass is 10.1. The molecule has 3 nitrogen and oxygen atoms in total. The number of fused-ring (bicyclic) bond motifs is 1. The Morgan fingerprint density at radius 2 is 2.06 bits per heavy atom. The second-order valence-electron chi connectivity index (χ2n) is 5.19. The summed E-state index contributed by atoms with van der Waals surface area (Å²) < 4.78 is 0. The third-order valence-electron chi connectivity index (χ3n) is 3.16. The molecule has 0 N–H and O–H groups in total. The molecule has 1 aromatic carbocycles. The largest absolute Gasteiger partial charge is 0.312 e. The van der Waals surface area contributed by atoms with E-state index in [-0.39, 0.29) is 11.7 Å². The minimum absolute atomic E-state index is 0.118. The lowest BCUT2D eigenvalue weighted by molar-refractivity contribution is -0.119. The number of carbonyl (C=O) groups excluding carboxylic acids is 2. The summed E-state index contributed by atoms with van der Waals surface area (Å²) in [6, 6.07) is 7.43. The van der Waals surface area contributed by atoms with Crippen molar-refractivity contribution in [3.05, 3.63) is 29.8 Å². The van der Waals surface area contributed by atoms with Crippen molar-refractivity contribution in [1.29, 1.82) is 0 Å². The number of Topliss-reactive ketones (excluding diaryl/α,β-unsaturated/α-hetero) is 1. The Labute approximate surface area is 108 Å². The zero-order valence-corrected chi connectivity index (χ0v) is 11.0. The maximum atomic E-state index is 12.2. The SMILES string of the molecule is CC(C)CC(=O)N1CCCC(=O)c2ccccc21. The minimum Gasteiger partial charge on any atom is -0.312 e. The first-order chi connectivity index (χ1) is 8.59. The molecule has 0 radical (unpaired) electrons. The van der Waals surface area contributed by atoms with E-state index in [1.54, 1.807) is 4.90 Å². The van der Waals surface area contributed by atoms with Crippen LogP contribution in [-0.4, -0.2) is 18.2 Å². The molecular weight excluding hydrogens is 226 g/mol. The Morgan fingerprint density at radius 1 is 1.33 bits per heavy atom. The van der Waals surface area contributed by atoms with Crippen molar-refractivity contribution in [2.45, 2.75) is 33.1 Å². The molecule has 0 saturated heterocycles. The van der Waals surface area contributed by atoms with Crippen molar-refractivity contribution in [2.24, 2.45) is 5.92 Å². The van der Waals surface area contributed by atoms with E-state index in [0.717, 1.165) is 12.1 Å². The van der Waals surface area contributed by atoms with Crippen molar-refractivity contribution >= 4 is 17.4 Å². The molecule has 0 saturated carbocycles. The van der Waals surface area contributed by atoms with Crippen LogP contribution in [0.25, 0.3) is 0 Å². The van der Waals surface area contributed by atoms with E-state index in [1.807, 2.05) is 38.1 Å². The molecule has 0 bridgehead atoms. The number of hydrogen-bond acceptors (Lipinski definition) is 2. The highest BCUT2D eigenvalue weighted by atomic mass is 16.2. The summed E-state index contributed by atoms with van der Waals surface area (Å²) in [5, 5.41) is 0. The molecule has 0 aliphatic carbocycles. The van der Waals surface area contributed by atoms with Gasteiger partial charge in [0.1, 0.15) is 0 Å². The van der Waals surface area contributed by atoms with Gasteiger partial charge in [0.05, 0.1) is 5.69 Å². The fraction of sp³-hybridized carbons (Fsp3) is 0.467. The van der Waals surface area contributed by atoms with Crippen LogP contribution < -0.4 is 4.90 Å². The third-order valence-corrected chi connectivity index (χ3v) is 3.16. The number of para-hydroxylation sites is 1. The number of rotatable bonds is 2. The first-order valence-electron chi connectivity index (χ1n) is 6.52. The molecule has 0 unspecified atom stereocenters. The monoisotopic (exact) mass is 245 g/mol. The van der Waals surface area contributed by atoms with Gasteiger partial charge in [-0.15, -0.1) is 0 Å². The van der Waals surface area contributed by atoms with Gasteiger partial charge < -0.3 is 4.90 Å². The van der Waals surface area contributed by atoms with E-state index in [2.05, 4.69) is 0 Å². The molecule has 96 valence electrons. The fourth-order valence-electron chi connectivity index (χ4n) is 2.32. The van der Waals surface area contributed by atoms with Crippen LogP contribution in [0, 0.1) is 5.92 Å². The van der Waals surface area contributed by atoms with E-state index in [1.165, 1.54) is 0 Å². The van der Waals surface area contributed by atoms with Gasteiger partial charge >= 0.3 is 0 Å². The number of ketones is 1. The van der Waals surface area contributed by atoms with Crippen molar-refractivity contribution < 1.29 is 9.59 Å². The van der Waals surface area contributed by atoms with Gasteiger partial charge in [-0.3, -0.25) is 9.59 Å². The minimum atomic E-state index is 0.118. The van der Waals surface area contributed by atoms with Crippen LogP contribution in [0.5, 0.6) is 0 Å². The molecule has 0 spiro atoms. The average molecular weight is 245 g/mol. The lowest BCUT2D eigenvalue weighted by Crippen LogP contribution is -2.32. The molecule has 1 aliphatic rings. The number of benzene rings is 1. The Kier molecular flexibility index (Phi) is 3.80. The highest BCUT2D eigenvalue weighted by Gasteiger charge is 2.24. The van der Waals surface area contributed by atoms with Crippen molar-refractivity contribution in [3.8, 4) is 0 Å². The van der Waals surface area contributed by atoms with E-state index < -0.39 is 0 Å². The van der Waals surface area contributed by atoms with Crippen LogP contribution >= 0.6 is 0 Å². The van der Waals surface area contributed by atoms with Crippen LogP contribution in [0.2, 0.25) is 0 Å². The maximum absolute atomic E-state index is 12.2. The second kappa shape index (κ2) is 5.34. The summed E-state index contributed by atoms with van der Waals surface area (Å²) in [6.07, 6.45) is 1.81. The van der Waals surface area contributed by atoms with Crippen LogP contribution in [0.15, 0.2) is 24.3 Å². The molecule has 0 aromatic heterocycles. The zero-order valence-electron chi connectivity index (χ0n) is 11.0. The van der Waals surface area contributed by atoms with Gasteiger partial charge in [-0.25, -0.2) is 0 Å². The van der Waals surface area contributed by atoms with Crippen LogP contribution in [0.3, 0.4) is 0 Å². The summed E-state index contributed by atoms with van der Waals surface area (Å²) in [4.78, 5) is 26.0. The molecule has 3 heteroatoms. The predicted molar refractivity (Wildman–Crippen MR) is 71.8 cm³/mol. The number of nitrogens with zero attached hydrogens (tertiary/aromatic N) is 1. The first-order valence-corrected chi connectivity index (χ1v) is 6.52. The summed E-state index contributed by atoms with van der Waals surface area (Å²) in [5.74, 6) is 0.598. The van der Waals surface area contributed by atoms with Crippen molar-refractivity contribution in [2.75, 3.05) is 11.4 Å². The van der Waals surface area contributed by atoms with Crippen molar-refractivity contribution in [3.63, 3.8) is 0 Å². The Bertz CT molecular complexity index is 465. The molecule has 0 atom stereocenters. The van der Waals surface area contributed by atoms with Crippen LogP contribution in [-0.2, 0) is 4.79 Å². The van der Waals surface area contributed by atoms with E-state index >= 15 is 0 Å². The zero-order chi connectivity index (χ0) is 13.1. The Hall–Kier alpha value is -1.64. The highest BCUT2D eigenvalue weighted by Crippen LogP contribution is 2.27. The topological polar surface area (TPSA) is 37.4 Å². The van der Waals surface area contributed by atoms with E-state index in [4.69, 9.17) is 0 Å². The number of amides is 1. The maximum Gasteiger partial charge on any atom is 0.227 e. The molecule has 18 heavy (non-hydrogen) atoms. The predicted octanol–water partition coefficient (Wildman–Crippen LogP) is 3.04. The van der Waals surface area contributed by atoms with Crippen LogP contribution in [0.4, 0.5) is 5.69 Å². The van der Waals surface area contributed by atoms with Gasteiger partial charge in [-0.05, 0) is 24.5 Å². The number of carbonyl (C=O) groups is 2. The van der Waals surface area contributed by atoms with Gasteiger partial charge in [0, 0.05) is 24.9 Å². The Balaban J connectivity index is 2.34. The summed E-state index contributed by atoms with van der Waals surface area (Å²) >= 11 is 0. The van der Waals surface area contributed by atoms with Gasteiger partial charge in [-0.1, -0.05) is 26.0 Å². The molecule has 2 rings (SSSR count). The Morgan fingerprint density at radius 3 is 2.78 bits per heavy atom. The van der Waals surface area contributed by atoms with Gasteiger partial charge in [0.2, 0.25) is 5.91 Å². The number of hydrogen-bond donors (Lipinski definition) is 0. The molecule has 1 aliphatic heterocycles. The van der Waals surface area contributed by atoms with Crippen LogP contribution in [0.1, 0.15) is 43.5 Å². The van der Waals surface area contributed by atoms with Crippen molar-refractivity contribution in [1.82, 2.24) is 0 Å². The summed E-state index contributed by atoms with van der Waals surface area (Å²) in [6.45, 7) is 4.72. The smallest absolute Gasteiger partial charge is 0.227 e. The van der Waals surface area contributed by atoms with Gasteiger partial charge in [0.25, 0.3) is 0 Å². The molecule has 1 amide bonds. The standard InChI is InChI=1S/C15H19NO2/c1-11(2)10-15(18)16-9-5-8-14(17)12-6-3-4-7-13(12)16/h3-4,6-7,11H,5,8-10H2,1-2H3. The van der Waals surface area contributed by atoms with E-state index in [0.29, 0.717) is 30.9 Å². The molecule has 1 heterocycles. The molecule has 0 fully saturated rings. The summed E-state index contributed by atoms with van der Waals surface area (Å²) in [7, 11) is 0.